The molecule has 0 aliphatic carbocycles. The molecule has 0 unspecified atom stereocenters. The van der Waals surface area contributed by atoms with Gasteiger partial charge in [0.2, 0.25) is 0 Å². The van der Waals surface area contributed by atoms with Crippen LogP contribution in [0.4, 0.5) is 11.4 Å². The van der Waals surface area contributed by atoms with Gasteiger partial charge in [0.1, 0.15) is 4.90 Å². The molecule has 0 saturated heterocycles. The zero-order valence-electron chi connectivity index (χ0n) is 11.0. The second kappa shape index (κ2) is 5.80. The van der Waals surface area contributed by atoms with E-state index in [0.717, 1.165) is 10.0 Å². The molecule has 0 aliphatic rings. The van der Waals surface area contributed by atoms with E-state index in [0.29, 0.717) is 11.4 Å². The van der Waals surface area contributed by atoms with Crippen LogP contribution < -0.4 is 10.0 Å². The van der Waals surface area contributed by atoms with E-state index in [1.165, 1.54) is 12.4 Å². The number of aryl methyl sites for hydroxylation is 1. The molecule has 106 valence electrons. The number of halogens is 1. The van der Waals surface area contributed by atoms with Crippen molar-refractivity contribution < 1.29 is 8.42 Å². The molecule has 0 aliphatic heterocycles. The molecule has 0 spiro atoms. The van der Waals surface area contributed by atoms with Crippen LogP contribution in [0, 0.1) is 6.92 Å². The topological polar surface area (TPSA) is 71.1 Å². The first-order valence-electron chi connectivity index (χ1n) is 5.85. The molecule has 20 heavy (non-hydrogen) atoms. The summed E-state index contributed by atoms with van der Waals surface area (Å²) in [6.45, 7) is 1.89. The van der Waals surface area contributed by atoms with Gasteiger partial charge in [-0.1, -0.05) is 12.1 Å². The van der Waals surface area contributed by atoms with Gasteiger partial charge in [0.15, 0.2) is 0 Å². The zero-order valence-corrected chi connectivity index (χ0v) is 13.4. The first-order chi connectivity index (χ1) is 9.45. The fourth-order valence-corrected chi connectivity index (χ4v) is 3.45. The van der Waals surface area contributed by atoms with Gasteiger partial charge in [0.05, 0.1) is 11.4 Å². The summed E-state index contributed by atoms with van der Waals surface area (Å²) in [6, 6.07) is 7.00. The minimum absolute atomic E-state index is 0.107. The third-order valence-electron chi connectivity index (χ3n) is 2.78. The Morgan fingerprint density at radius 2 is 1.95 bits per heavy atom. The first kappa shape index (κ1) is 14.8. The van der Waals surface area contributed by atoms with Crippen molar-refractivity contribution in [2.45, 2.75) is 11.8 Å². The van der Waals surface area contributed by atoms with Gasteiger partial charge >= 0.3 is 0 Å². The fourth-order valence-electron chi connectivity index (χ4n) is 1.73. The zero-order chi connectivity index (χ0) is 14.8. The highest BCUT2D eigenvalue weighted by molar-refractivity contribution is 9.10. The molecule has 5 nitrogen and oxygen atoms in total. The third-order valence-corrected chi connectivity index (χ3v) is 5.23. The first-order valence-corrected chi connectivity index (χ1v) is 8.13. The van der Waals surface area contributed by atoms with Gasteiger partial charge in [-0.05, 0) is 40.5 Å². The largest absolute Gasteiger partial charge is 0.387 e. The summed E-state index contributed by atoms with van der Waals surface area (Å²) in [5.74, 6) is 0. The number of nitrogens with zero attached hydrogens (tertiary/aromatic N) is 1. The summed E-state index contributed by atoms with van der Waals surface area (Å²) >= 11 is 3.38. The molecule has 1 aromatic carbocycles. The van der Waals surface area contributed by atoms with E-state index in [4.69, 9.17) is 0 Å². The average molecular weight is 356 g/mol. The number of hydrogen-bond donors (Lipinski definition) is 2. The van der Waals surface area contributed by atoms with Gasteiger partial charge in [0.25, 0.3) is 10.0 Å². The maximum atomic E-state index is 12.4. The normalized spacial score (nSPS) is 11.2. The second-order valence-electron chi connectivity index (χ2n) is 4.16. The molecular formula is C13H14BrN3O2S. The van der Waals surface area contributed by atoms with Crippen molar-refractivity contribution in [1.29, 1.82) is 0 Å². The summed E-state index contributed by atoms with van der Waals surface area (Å²) in [5.41, 5.74) is 1.94. The Bertz CT molecular complexity index is 732. The van der Waals surface area contributed by atoms with Crippen LogP contribution in [0.1, 0.15) is 5.56 Å². The number of nitrogens with one attached hydrogen (secondary N) is 2. The molecule has 2 N–H and O–H groups in total. The number of sulfonamides is 1. The Morgan fingerprint density at radius 3 is 2.65 bits per heavy atom. The van der Waals surface area contributed by atoms with Crippen LogP contribution in [0.15, 0.2) is 46.0 Å². The number of anilines is 2. The van der Waals surface area contributed by atoms with Crippen LogP contribution >= 0.6 is 15.9 Å². The lowest BCUT2D eigenvalue weighted by molar-refractivity contribution is 0.601. The molecule has 2 rings (SSSR count). The van der Waals surface area contributed by atoms with Crippen molar-refractivity contribution in [2.24, 2.45) is 0 Å². The maximum Gasteiger partial charge on any atom is 0.265 e. The molecule has 2 aromatic rings. The van der Waals surface area contributed by atoms with Gasteiger partial charge in [-0.3, -0.25) is 9.71 Å². The summed E-state index contributed by atoms with van der Waals surface area (Å²) in [7, 11) is -2.04. The van der Waals surface area contributed by atoms with E-state index in [9.17, 15) is 8.42 Å². The lowest BCUT2D eigenvalue weighted by Crippen LogP contribution is -2.15. The highest BCUT2D eigenvalue weighted by atomic mass is 79.9. The van der Waals surface area contributed by atoms with Crippen molar-refractivity contribution in [2.75, 3.05) is 17.1 Å². The van der Waals surface area contributed by atoms with Crippen LogP contribution in [0.5, 0.6) is 0 Å². The van der Waals surface area contributed by atoms with E-state index >= 15 is 0 Å². The molecule has 0 bridgehead atoms. The molecule has 0 fully saturated rings. The van der Waals surface area contributed by atoms with Crippen LogP contribution in [-0.2, 0) is 10.0 Å². The van der Waals surface area contributed by atoms with Crippen LogP contribution in [-0.4, -0.2) is 20.4 Å². The summed E-state index contributed by atoms with van der Waals surface area (Å²) in [6.07, 6.45) is 2.85. The smallest absolute Gasteiger partial charge is 0.265 e. The molecule has 1 heterocycles. The minimum atomic E-state index is -3.70. The predicted molar refractivity (Wildman–Crippen MR) is 83.5 cm³/mol. The quantitative estimate of drug-likeness (QED) is 0.884. The Hall–Kier alpha value is -1.60. The highest BCUT2D eigenvalue weighted by Gasteiger charge is 2.19. The number of hydrogen-bond acceptors (Lipinski definition) is 4. The van der Waals surface area contributed by atoms with Gasteiger partial charge in [-0.2, -0.15) is 0 Å². The Kier molecular flexibility index (Phi) is 4.29. The lowest BCUT2D eigenvalue weighted by atomic mass is 10.2. The van der Waals surface area contributed by atoms with Gasteiger partial charge in [-0.15, -0.1) is 0 Å². The van der Waals surface area contributed by atoms with E-state index in [1.54, 1.807) is 25.2 Å². The van der Waals surface area contributed by atoms with E-state index in [-0.39, 0.29) is 4.90 Å². The summed E-state index contributed by atoms with van der Waals surface area (Å²) < 4.78 is 28.2. The molecule has 0 amide bonds. The van der Waals surface area contributed by atoms with Crippen molar-refractivity contribution in [3.05, 3.63) is 46.7 Å². The number of aromatic nitrogens is 1. The third kappa shape index (κ3) is 2.94. The van der Waals surface area contributed by atoms with Crippen molar-refractivity contribution >= 4 is 37.3 Å². The molecule has 0 radical (unpaired) electrons. The summed E-state index contributed by atoms with van der Waals surface area (Å²) in [5, 5.41) is 2.84. The van der Waals surface area contributed by atoms with Gasteiger partial charge in [-0.25, -0.2) is 8.42 Å². The molecule has 0 saturated carbocycles. The summed E-state index contributed by atoms with van der Waals surface area (Å²) in [4.78, 5) is 3.98. The molecular weight excluding hydrogens is 342 g/mol. The van der Waals surface area contributed by atoms with Crippen molar-refractivity contribution in [3.63, 3.8) is 0 Å². The Balaban J connectivity index is 2.44. The predicted octanol–water partition coefficient (Wildman–Crippen LogP) is 3.00. The van der Waals surface area contributed by atoms with E-state index in [2.05, 4.69) is 31.0 Å². The fraction of sp³-hybridized carbons (Fsp3) is 0.154. The molecule has 1 aromatic heterocycles. The average Bonchev–Trinajstić information content (AvgIpc) is 2.43. The SMILES string of the molecule is CNc1ccncc1S(=O)(=O)Nc1cccc(C)c1Br. The van der Waals surface area contributed by atoms with E-state index in [1.807, 2.05) is 13.0 Å². The molecule has 7 heteroatoms. The lowest BCUT2D eigenvalue weighted by Gasteiger charge is -2.13. The minimum Gasteiger partial charge on any atom is -0.387 e. The van der Waals surface area contributed by atoms with Crippen molar-refractivity contribution in [1.82, 2.24) is 4.98 Å². The maximum absolute atomic E-state index is 12.4. The van der Waals surface area contributed by atoms with Crippen LogP contribution in [0.2, 0.25) is 0 Å². The van der Waals surface area contributed by atoms with E-state index < -0.39 is 10.0 Å². The highest BCUT2D eigenvalue weighted by Crippen LogP contribution is 2.29. The van der Waals surface area contributed by atoms with Crippen molar-refractivity contribution in [3.8, 4) is 0 Å². The second-order valence-corrected chi connectivity index (χ2v) is 6.61. The van der Waals surface area contributed by atoms with Gasteiger partial charge in [0, 0.05) is 23.9 Å². The monoisotopic (exact) mass is 355 g/mol. The number of benzene rings is 1. The number of pyridine rings is 1. The van der Waals surface area contributed by atoms with Gasteiger partial charge < -0.3 is 5.32 Å². The number of rotatable bonds is 4. The van der Waals surface area contributed by atoms with Crippen LogP contribution in [0.3, 0.4) is 0 Å². The van der Waals surface area contributed by atoms with Crippen LogP contribution in [0.25, 0.3) is 0 Å². The molecule has 0 atom stereocenters. The Morgan fingerprint density at radius 1 is 1.20 bits per heavy atom. The standard InChI is InChI=1S/C13H14BrN3O2S/c1-9-4-3-5-11(13(9)14)17-20(18,19)12-8-16-7-6-10(12)15-2/h3-8,17H,1-2H3,(H,15,16). The Labute approximate surface area is 126 Å².